The number of carboxylic acid groups (broad SMARTS) is 1. The van der Waals surface area contributed by atoms with Gasteiger partial charge in [-0.15, -0.1) is 0 Å². The molecule has 2 heterocycles. The second kappa shape index (κ2) is 9.21. The molecule has 3 fully saturated rings. The number of carbonyl (C=O) groups is 1. The number of carboxylic acids is 1. The molecule has 1 aromatic carbocycles. The van der Waals surface area contributed by atoms with Crippen molar-refractivity contribution in [1.29, 1.82) is 0 Å². The maximum atomic E-state index is 13.3. The van der Waals surface area contributed by atoms with Crippen LogP contribution in [0.5, 0.6) is 0 Å². The molecule has 33 heavy (non-hydrogen) atoms. The molecule has 1 N–H and O–H groups in total. The summed E-state index contributed by atoms with van der Waals surface area (Å²) in [5, 5.41) is 9.65. The lowest BCUT2D eigenvalue weighted by atomic mass is 9.69. The highest BCUT2D eigenvalue weighted by Gasteiger charge is 2.43. The van der Waals surface area contributed by atoms with E-state index < -0.39 is 11.5 Å². The minimum atomic E-state index is -1.25. The van der Waals surface area contributed by atoms with Gasteiger partial charge in [0.25, 0.3) is 5.56 Å². The molecule has 2 aliphatic carbocycles. The molecular weight excluding hydrogens is 414 g/mol. The van der Waals surface area contributed by atoms with Gasteiger partial charge in [0.1, 0.15) is 0 Å². The minimum Gasteiger partial charge on any atom is -0.476 e. The fourth-order valence-electron chi connectivity index (χ4n) is 7.42. The Labute approximate surface area is 196 Å². The first-order valence-corrected chi connectivity index (χ1v) is 13.0. The van der Waals surface area contributed by atoms with Gasteiger partial charge in [-0.25, -0.2) is 9.78 Å². The van der Waals surface area contributed by atoms with E-state index in [2.05, 4.69) is 23.7 Å². The lowest BCUT2D eigenvalue weighted by molar-refractivity contribution is -0.0269. The molecule has 0 amide bonds. The Morgan fingerprint density at radius 1 is 0.970 bits per heavy atom. The Kier molecular flexibility index (Phi) is 6.30. The van der Waals surface area contributed by atoms with Crippen LogP contribution in [-0.2, 0) is 0 Å². The molecule has 4 unspecified atom stereocenters. The van der Waals surface area contributed by atoms with Crippen LogP contribution in [0.1, 0.15) is 94.6 Å². The third kappa shape index (κ3) is 4.11. The Morgan fingerprint density at radius 3 is 2.21 bits per heavy atom. The zero-order valence-corrected chi connectivity index (χ0v) is 19.9. The first kappa shape index (κ1) is 22.6. The van der Waals surface area contributed by atoms with Gasteiger partial charge in [0, 0.05) is 24.2 Å². The van der Waals surface area contributed by atoms with Gasteiger partial charge in [-0.05, 0) is 68.9 Å². The van der Waals surface area contributed by atoms with Gasteiger partial charge in [0.05, 0.1) is 11.0 Å². The van der Waals surface area contributed by atoms with Crippen molar-refractivity contribution < 1.29 is 9.90 Å². The molecule has 1 aliphatic heterocycles. The van der Waals surface area contributed by atoms with Crippen molar-refractivity contribution >= 4 is 17.0 Å². The Morgan fingerprint density at radius 2 is 1.61 bits per heavy atom. The minimum absolute atomic E-state index is 0.00209. The fraction of sp³-hybridized carbons (Fsp3) is 0.667. The van der Waals surface area contributed by atoms with E-state index in [0.29, 0.717) is 23.6 Å². The highest BCUT2D eigenvalue weighted by molar-refractivity contribution is 5.88. The van der Waals surface area contributed by atoms with Crippen LogP contribution in [0, 0.1) is 11.8 Å². The van der Waals surface area contributed by atoms with Crippen LogP contribution in [0.15, 0.2) is 29.1 Å². The molecule has 2 bridgehead atoms. The highest BCUT2D eigenvalue weighted by Crippen LogP contribution is 2.45. The van der Waals surface area contributed by atoms with Gasteiger partial charge in [0.15, 0.2) is 0 Å². The number of nitrogens with zero attached hydrogens (tertiary/aromatic N) is 3. The third-order valence-corrected chi connectivity index (χ3v) is 8.76. The van der Waals surface area contributed by atoms with E-state index in [1.807, 2.05) is 24.3 Å². The number of benzene rings is 1. The van der Waals surface area contributed by atoms with Crippen LogP contribution < -0.4 is 5.56 Å². The summed E-state index contributed by atoms with van der Waals surface area (Å²) < 4.78 is 1.77. The normalized spacial score (nSPS) is 32.7. The number of para-hydroxylation sites is 2. The monoisotopic (exact) mass is 451 g/mol. The summed E-state index contributed by atoms with van der Waals surface area (Å²) in [6.45, 7) is 4.54. The van der Waals surface area contributed by atoms with Crippen molar-refractivity contribution in [3.63, 3.8) is 0 Å². The van der Waals surface area contributed by atoms with E-state index in [0.717, 1.165) is 43.0 Å². The van der Waals surface area contributed by atoms with E-state index >= 15 is 0 Å². The number of fused-ring (bicyclic) bond motifs is 3. The van der Waals surface area contributed by atoms with E-state index in [9.17, 15) is 14.7 Å². The standard InChI is InChI=1S/C27H37N3O3/c1-3-19-15-22(30-24-11-6-5-10-23(24)28-25(26(30)31)27(32)33)16-20(4-2)29(19)21-13-17-8-7-9-18(12-17)14-21/h5-6,10-11,17-22H,3-4,7-9,12-16H2,1-2H3,(H,32,33). The number of aromatic nitrogens is 2. The largest absolute Gasteiger partial charge is 0.476 e. The van der Waals surface area contributed by atoms with Gasteiger partial charge < -0.3 is 9.67 Å². The predicted octanol–water partition coefficient (Wildman–Crippen LogP) is 5.26. The van der Waals surface area contributed by atoms with Crippen LogP contribution >= 0.6 is 0 Å². The molecule has 6 nitrogen and oxygen atoms in total. The van der Waals surface area contributed by atoms with E-state index in [4.69, 9.17) is 0 Å². The second-order valence-corrected chi connectivity index (χ2v) is 10.6. The highest BCUT2D eigenvalue weighted by atomic mass is 16.4. The summed E-state index contributed by atoms with van der Waals surface area (Å²) in [5.74, 6) is 0.532. The molecule has 4 atom stereocenters. The van der Waals surface area contributed by atoms with Gasteiger partial charge in [0.2, 0.25) is 5.69 Å². The molecule has 1 saturated heterocycles. The number of aromatic carboxylic acids is 1. The van der Waals surface area contributed by atoms with Crippen molar-refractivity contribution in [2.45, 2.75) is 102 Å². The number of rotatable bonds is 5. The summed E-state index contributed by atoms with van der Waals surface area (Å²) >= 11 is 0. The Hall–Kier alpha value is -2.21. The van der Waals surface area contributed by atoms with Crippen LogP contribution in [0.4, 0.5) is 0 Å². The predicted molar refractivity (Wildman–Crippen MR) is 130 cm³/mol. The van der Waals surface area contributed by atoms with Gasteiger partial charge in [-0.1, -0.05) is 45.2 Å². The summed E-state index contributed by atoms with van der Waals surface area (Å²) in [4.78, 5) is 32.2. The number of likely N-dealkylation sites (tertiary alicyclic amines) is 1. The fourth-order valence-corrected chi connectivity index (χ4v) is 7.42. The van der Waals surface area contributed by atoms with Crippen LogP contribution in [0.25, 0.3) is 11.0 Å². The maximum Gasteiger partial charge on any atom is 0.360 e. The molecule has 2 aromatic rings. The molecule has 6 heteroatoms. The van der Waals surface area contributed by atoms with Crippen molar-refractivity contribution in [2.75, 3.05) is 0 Å². The molecule has 3 aliphatic rings. The average Bonchev–Trinajstić information content (AvgIpc) is 2.82. The zero-order valence-electron chi connectivity index (χ0n) is 19.9. The quantitative estimate of drug-likeness (QED) is 0.671. The van der Waals surface area contributed by atoms with Crippen LogP contribution in [0.3, 0.4) is 0 Å². The first-order valence-electron chi connectivity index (χ1n) is 13.0. The zero-order chi connectivity index (χ0) is 23.1. The summed E-state index contributed by atoms with van der Waals surface area (Å²) in [7, 11) is 0. The molecule has 178 valence electrons. The smallest absolute Gasteiger partial charge is 0.360 e. The van der Waals surface area contributed by atoms with E-state index in [1.165, 1.54) is 38.5 Å². The third-order valence-electron chi connectivity index (χ3n) is 8.76. The topological polar surface area (TPSA) is 75.4 Å². The summed E-state index contributed by atoms with van der Waals surface area (Å²) in [5.41, 5.74) is 0.509. The maximum absolute atomic E-state index is 13.3. The number of hydrogen-bond acceptors (Lipinski definition) is 4. The van der Waals surface area contributed by atoms with Gasteiger partial charge >= 0.3 is 5.97 Å². The van der Waals surface area contributed by atoms with Crippen molar-refractivity contribution in [3.05, 3.63) is 40.3 Å². The molecule has 5 rings (SSSR count). The molecule has 0 spiro atoms. The molecule has 1 aromatic heterocycles. The van der Waals surface area contributed by atoms with Crippen LogP contribution in [-0.4, -0.2) is 43.7 Å². The summed E-state index contributed by atoms with van der Waals surface area (Å²) in [6, 6.07) is 8.97. The van der Waals surface area contributed by atoms with E-state index in [1.54, 1.807) is 4.57 Å². The number of piperidine rings is 1. The SMILES string of the molecule is CCC1CC(n2c(=O)c(C(=O)O)nc3ccccc32)CC(CC)N1C1CC2CCCC(C2)C1. The van der Waals surface area contributed by atoms with Gasteiger partial charge in [-0.3, -0.25) is 9.69 Å². The summed E-state index contributed by atoms with van der Waals surface area (Å²) in [6.07, 6.45) is 12.2. The average molecular weight is 452 g/mol. The van der Waals surface area contributed by atoms with Crippen molar-refractivity contribution in [3.8, 4) is 0 Å². The first-order chi connectivity index (χ1) is 16.0. The molecular formula is C27H37N3O3. The van der Waals surface area contributed by atoms with E-state index in [-0.39, 0.29) is 11.7 Å². The number of hydrogen-bond donors (Lipinski definition) is 1. The Balaban J connectivity index is 1.51. The second-order valence-electron chi connectivity index (χ2n) is 10.6. The van der Waals surface area contributed by atoms with Crippen molar-refractivity contribution in [1.82, 2.24) is 14.5 Å². The lowest BCUT2D eigenvalue weighted by Gasteiger charge is -2.53. The molecule has 0 radical (unpaired) electrons. The van der Waals surface area contributed by atoms with Crippen LogP contribution in [0.2, 0.25) is 0 Å². The molecule has 2 saturated carbocycles. The Bertz CT molecular complexity index is 1050. The van der Waals surface area contributed by atoms with Crippen molar-refractivity contribution in [2.24, 2.45) is 11.8 Å². The van der Waals surface area contributed by atoms with Gasteiger partial charge in [-0.2, -0.15) is 0 Å². The lowest BCUT2D eigenvalue weighted by Crippen LogP contribution is -2.56.